The predicted octanol–water partition coefficient (Wildman–Crippen LogP) is 5.62. The molecule has 2 aromatic carbocycles. The molecule has 1 aliphatic carbocycles. The van der Waals surface area contributed by atoms with Gasteiger partial charge in [-0.3, -0.25) is 9.36 Å². The molecular formula is C28H23FN6O2. The summed E-state index contributed by atoms with van der Waals surface area (Å²) in [4.78, 5) is 21.3. The zero-order chi connectivity index (χ0) is 25.4. The Morgan fingerprint density at radius 1 is 1.03 bits per heavy atom. The van der Waals surface area contributed by atoms with E-state index in [1.54, 1.807) is 23.0 Å². The second-order valence-corrected chi connectivity index (χ2v) is 8.93. The van der Waals surface area contributed by atoms with Crippen molar-refractivity contribution in [3.63, 3.8) is 0 Å². The monoisotopic (exact) mass is 494 g/mol. The number of rotatable bonds is 7. The van der Waals surface area contributed by atoms with Gasteiger partial charge < -0.3 is 10.5 Å². The maximum absolute atomic E-state index is 14.5. The number of hydrogen-bond donors (Lipinski definition) is 1. The number of fused-ring (bicyclic) bond motifs is 1. The van der Waals surface area contributed by atoms with E-state index in [4.69, 9.17) is 15.6 Å². The number of para-hydroxylation sites is 1. The minimum absolute atomic E-state index is 0.157. The largest absolute Gasteiger partial charge is 0.457 e. The van der Waals surface area contributed by atoms with Crippen molar-refractivity contribution >= 4 is 22.8 Å². The van der Waals surface area contributed by atoms with Gasteiger partial charge >= 0.3 is 0 Å². The van der Waals surface area contributed by atoms with Crippen molar-refractivity contribution in [2.24, 2.45) is 5.92 Å². The summed E-state index contributed by atoms with van der Waals surface area (Å²) < 4.78 is 23.3. The van der Waals surface area contributed by atoms with Gasteiger partial charge in [-0.15, -0.1) is 0 Å². The molecule has 3 heterocycles. The van der Waals surface area contributed by atoms with Crippen LogP contribution in [-0.2, 0) is 6.54 Å². The molecule has 37 heavy (non-hydrogen) atoms. The number of allylic oxidation sites excluding steroid dienone is 2. The maximum atomic E-state index is 14.5. The number of nitrogens with zero attached hydrogens (tertiary/aromatic N) is 5. The Morgan fingerprint density at radius 3 is 2.54 bits per heavy atom. The van der Waals surface area contributed by atoms with Gasteiger partial charge in [-0.05, 0) is 73.4 Å². The standard InChI is InChI=1S/C28H23FN6O2/c29-23(15-18-8-9-18)28(36)34-14-4-5-20(34)16-35-27-24(26(30)31-17-32-27)25(33-35)19-10-12-22(13-11-19)37-21-6-2-1-3-7-21/h1-7,10-15,17-18H,8-9,16H2,(H2,30,31,32). The van der Waals surface area contributed by atoms with Gasteiger partial charge in [-0.2, -0.15) is 5.10 Å². The number of ether oxygens (including phenoxy) is 1. The number of halogens is 1. The third-order valence-corrected chi connectivity index (χ3v) is 6.24. The van der Waals surface area contributed by atoms with Crippen LogP contribution in [0.4, 0.5) is 10.2 Å². The number of carbonyl (C=O) groups is 1. The van der Waals surface area contributed by atoms with E-state index in [2.05, 4.69) is 9.97 Å². The lowest BCUT2D eigenvalue weighted by Crippen LogP contribution is -2.16. The fourth-order valence-electron chi connectivity index (χ4n) is 4.20. The van der Waals surface area contributed by atoms with Crippen molar-refractivity contribution in [2.75, 3.05) is 5.73 Å². The molecule has 3 aromatic heterocycles. The highest BCUT2D eigenvalue weighted by Gasteiger charge is 2.24. The van der Waals surface area contributed by atoms with E-state index >= 15 is 0 Å². The Balaban J connectivity index is 1.33. The molecule has 0 amide bonds. The Labute approximate surface area is 211 Å². The van der Waals surface area contributed by atoms with E-state index in [0.29, 0.717) is 34.0 Å². The van der Waals surface area contributed by atoms with Gasteiger partial charge in [-0.25, -0.2) is 19.0 Å². The molecule has 8 nitrogen and oxygen atoms in total. The number of anilines is 1. The van der Waals surface area contributed by atoms with E-state index in [1.165, 1.54) is 17.0 Å². The van der Waals surface area contributed by atoms with Crippen molar-refractivity contribution in [3.05, 3.63) is 96.9 Å². The molecule has 0 unspecified atom stereocenters. The average Bonchev–Trinajstić information content (AvgIpc) is 3.47. The maximum Gasteiger partial charge on any atom is 0.290 e. The van der Waals surface area contributed by atoms with Crippen LogP contribution in [0.15, 0.2) is 91.2 Å². The first-order valence-electron chi connectivity index (χ1n) is 12.0. The van der Waals surface area contributed by atoms with Gasteiger partial charge in [-0.1, -0.05) is 18.2 Å². The lowest BCUT2D eigenvalue weighted by molar-refractivity contribution is 0.0923. The van der Waals surface area contributed by atoms with Crippen LogP contribution in [-0.4, -0.2) is 30.2 Å². The Hall–Kier alpha value is -4.79. The van der Waals surface area contributed by atoms with E-state index in [9.17, 15) is 9.18 Å². The first-order chi connectivity index (χ1) is 18.1. The van der Waals surface area contributed by atoms with Crippen LogP contribution < -0.4 is 10.5 Å². The minimum atomic E-state index is -0.740. The number of nitrogens with two attached hydrogens (primary N) is 1. The molecule has 1 saturated carbocycles. The van der Waals surface area contributed by atoms with Crippen molar-refractivity contribution < 1.29 is 13.9 Å². The molecule has 1 fully saturated rings. The van der Waals surface area contributed by atoms with E-state index in [1.807, 2.05) is 54.6 Å². The quantitative estimate of drug-likeness (QED) is 0.295. The van der Waals surface area contributed by atoms with Crippen LogP contribution >= 0.6 is 0 Å². The molecule has 1 aliphatic rings. The van der Waals surface area contributed by atoms with E-state index in [-0.39, 0.29) is 12.5 Å². The molecule has 0 aliphatic heterocycles. The molecule has 9 heteroatoms. The number of aromatic nitrogens is 5. The summed E-state index contributed by atoms with van der Waals surface area (Å²) in [7, 11) is 0. The number of carbonyl (C=O) groups excluding carboxylic acids is 1. The summed E-state index contributed by atoms with van der Waals surface area (Å²) >= 11 is 0. The summed E-state index contributed by atoms with van der Waals surface area (Å²) in [6.45, 7) is 0.192. The lowest BCUT2D eigenvalue weighted by Gasteiger charge is -2.08. The average molecular weight is 495 g/mol. The first kappa shape index (κ1) is 22.7. The molecule has 0 saturated heterocycles. The molecule has 6 rings (SSSR count). The van der Waals surface area contributed by atoms with Crippen molar-refractivity contribution in [2.45, 2.75) is 19.4 Å². The Morgan fingerprint density at radius 2 is 1.78 bits per heavy atom. The van der Waals surface area contributed by atoms with Crippen molar-refractivity contribution in [1.29, 1.82) is 0 Å². The predicted molar refractivity (Wildman–Crippen MR) is 138 cm³/mol. The van der Waals surface area contributed by atoms with Crippen molar-refractivity contribution in [3.8, 4) is 22.8 Å². The van der Waals surface area contributed by atoms with Gasteiger partial charge in [0.1, 0.15) is 29.3 Å². The normalized spacial score (nSPS) is 13.7. The minimum Gasteiger partial charge on any atom is -0.457 e. The highest BCUT2D eigenvalue weighted by molar-refractivity contribution is 5.98. The highest BCUT2D eigenvalue weighted by atomic mass is 19.1. The zero-order valence-corrected chi connectivity index (χ0v) is 19.8. The summed E-state index contributed by atoms with van der Waals surface area (Å²) in [5.74, 6) is 0.441. The molecule has 0 spiro atoms. The van der Waals surface area contributed by atoms with Gasteiger partial charge in [0.15, 0.2) is 11.5 Å². The van der Waals surface area contributed by atoms with Crippen LogP contribution in [0.3, 0.4) is 0 Å². The molecule has 5 aromatic rings. The third-order valence-electron chi connectivity index (χ3n) is 6.24. The second-order valence-electron chi connectivity index (χ2n) is 8.93. The van der Waals surface area contributed by atoms with Gasteiger partial charge in [0.05, 0.1) is 11.9 Å². The van der Waals surface area contributed by atoms with Gasteiger partial charge in [0.2, 0.25) is 0 Å². The van der Waals surface area contributed by atoms with E-state index < -0.39 is 11.7 Å². The van der Waals surface area contributed by atoms with Crippen LogP contribution in [0.2, 0.25) is 0 Å². The number of hydrogen-bond acceptors (Lipinski definition) is 6. The zero-order valence-electron chi connectivity index (χ0n) is 19.8. The fourth-order valence-corrected chi connectivity index (χ4v) is 4.20. The summed E-state index contributed by atoms with van der Waals surface area (Å²) in [5.41, 5.74) is 8.73. The topological polar surface area (TPSA) is 101 Å². The third kappa shape index (κ3) is 4.58. The summed E-state index contributed by atoms with van der Waals surface area (Å²) in [5, 5.41) is 5.37. The van der Waals surface area contributed by atoms with Crippen LogP contribution in [0, 0.1) is 5.92 Å². The van der Waals surface area contributed by atoms with E-state index in [0.717, 1.165) is 24.2 Å². The summed E-state index contributed by atoms with van der Waals surface area (Å²) in [6, 6.07) is 20.5. The van der Waals surface area contributed by atoms with Gasteiger partial charge in [0.25, 0.3) is 5.91 Å². The Kier molecular flexibility index (Phi) is 5.72. The molecule has 0 atom stereocenters. The second kappa shape index (κ2) is 9.34. The van der Waals surface area contributed by atoms with Crippen LogP contribution in [0.1, 0.15) is 23.3 Å². The molecule has 184 valence electrons. The highest BCUT2D eigenvalue weighted by Crippen LogP contribution is 2.33. The molecule has 0 bridgehead atoms. The lowest BCUT2D eigenvalue weighted by atomic mass is 10.1. The Bertz CT molecular complexity index is 1620. The molecule has 2 N–H and O–H groups in total. The smallest absolute Gasteiger partial charge is 0.290 e. The van der Waals surface area contributed by atoms with Crippen LogP contribution in [0.25, 0.3) is 22.3 Å². The molecular weight excluding hydrogens is 471 g/mol. The van der Waals surface area contributed by atoms with Crippen molar-refractivity contribution in [1.82, 2.24) is 24.3 Å². The fraction of sp³-hybridized carbons (Fsp3) is 0.143. The SMILES string of the molecule is Nc1ncnc2c1c(-c1ccc(Oc3ccccc3)cc1)nn2Cc1cccn1C(=O)C(F)=CC1CC1. The molecule has 0 radical (unpaired) electrons. The number of benzene rings is 2. The van der Waals surface area contributed by atoms with Crippen LogP contribution in [0.5, 0.6) is 11.5 Å². The number of nitrogen functional groups attached to an aromatic ring is 1. The van der Waals surface area contributed by atoms with Gasteiger partial charge in [0, 0.05) is 17.5 Å². The summed E-state index contributed by atoms with van der Waals surface area (Å²) in [6.07, 6.45) is 6.17. The first-order valence-corrected chi connectivity index (χ1v) is 12.0.